The molecule has 0 spiro atoms. The molecular formula is C27H30N6O3. The summed E-state index contributed by atoms with van der Waals surface area (Å²) in [5.74, 6) is 1.85. The van der Waals surface area contributed by atoms with Crippen molar-refractivity contribution in [2.75, 3.05) is 18.8 Å². The Labute approximate surface area is 209 Å². The summed E-state index contributed by atoms with van der Waals surface area (Å²) in [6, 6.07) is 17.3. The molecule has 4 aromatic rings. The van der Waals surface area contributed by atoms with E-state index in [1.165, 1.54) is 6.33 Å². The maximum atomic E-state index is 12.7. The molecule has 1 atom stereocenters. The van der Waals surface area contributed by atoms with E-state index in [-0.39, 0.29) is 12.1 Å². The van der Waals surface area contributed by atoms with Gasteiger partial charge in [-0.1, -0.05) is 18.2 Å². The lowest BCUT2D eigenvalue weighted by molar-refractivity contribution is 0.0169. The number of nitrogens with zero attached hydrogens (tertiary/aromatic N) is 5. The molecule has 36 heavy (non-hydrogen) atoms. The molecule has 9 nitrogen and oxygen atoms in total. The third kappa shape index (κ3) is 4.95. The minimum Gasteiger partial charge on any atom is -0.457 e. The highest BCUT2D eigenvalue weighted by molar-refractivity contribution is 5.98. The van der Waals surface area contributed by atoms with E-state index >= 15 is 0 Å². The zero-order valence-corrected chi connectivity index (χ0v) is 20.7. The van der Waals surface area contributed by atoms with Gasteiger partial charge >= 0.3 is 6.09 Å². The Morgan fingerprint density at radius 1 is 1.03 bits per heavy atom. The van der Waals surface area contributed by atoms with Crippen LogP contribution < -0.4 is 10.5 Å². The van der Waals surface area contributed by atoms with Crippen LogP contribution >= 0.6 is 0 Å². The van der Waals surface area contributed by atoms with E-state index in [9.17, 15) is 4.79 Å². The number of rotatable bonds is 4. The van der Waals surface area contributed by atoms with Gasteiger partial charge in [0.1, 0.15) is 34.9 Å². The van der Waals surface area contributed by atoms with Crippen molar-refractivity contribution in [1.82, 2.24) is 24.6 Å². The minimum absolute atomic E-state index is 0.0579. The van der Waals surface area contributed by atoms with Gasteiger partial charge in [0, 0.05) is 18.7 Å². The molecule has 0 aliphatic carbocycles. The number of ether oxygens (including phenoxy) is 2. The molecule has 0 radical (unpaired) electrons. The number of aromatic nitrogens is 4. The van der Waals surface area contributed by atoms with Crippen LogP contribution in [0.3, 0.4) is 0 Å². The predicted octanol–water partition coefficient (Wildman–Crippen LogP) is 5.44. The van der Waals surface area contributed by atoms with Gasteiger partial charge in [-0.05, 0) is 70.0 Å². The summed E-state index contributed by atoms with van der Waals surface area (Å²) in [4.78, 5) is 23.2. The summed E-state index contributed by atoms with van der Waals surface area (Å²) in [6.45, 7) is 6.75. The lowest BCUT2D eigenvalue weighted by Crippen LogP contribution is -2.43. The molecule has 1 fully saturated rings. The first-order chi connectivity index (χ1) is 17.3. The third-order valence-corrected chi connectivity index (χ3v) is 6.02. The third-order valence-electron chi connectivity index (χ3n) is 6.02. The lowest BCUT2D eigenvalue weighted by atomic mass is 10.1. The number of likely N-dealkylation sites (tertiary alicyclic amines) is 1. The molecular weight excluding hydrogens is 456 g/mol. The van der Waals surface area contributed by atoms with Crippen LogP contribution in [-0.4, -0.2) is 49.4 Å². The molecule has 2 aromatic heterocycles. The van der Waals surface area contributed by atoms with E-state index in [4.69, 9.17) is 20.3 Å². The highest BCUT2D eigenvalue weighted by atomic mass is 16.6. The van der Waals surface area contributed by atoms with E-state index in [0.29, 0.717) is 35.6 Å². The van der Waals surface area contributed by atoms with Crippen molar-refractivity contribution in [3.63, 3.8) is 0 Å². The van der Waals surface area contributed by atoms with Gasteiger partial charge in [-0.25, -0.2) is 19.4 Å². The number of carbonyl (C=O) groups excluding carboxylic acids is 1. The molecule has 1 saturated heterocycles. The summed E-state index contributed by atoms with van der Waals surface area (Å²) in [5.41, 5.74) is 7.98. The Kier molecular flexibility index (Phi) is 6.22. The number of benzene rings is 2. The number of nitrogens with two attached hydrogens (primary N) is 1. The Morgan fingerprint density at radius 3 is 2.47 bits per heavy atom. The molecule has 0 unspecified atom stereocenters. The fraction of sp³-hybridized carbons (Fsp3) is 0.333. The fourth-order valence-corrected chi connectivity index (χ4v) is 4.40. The average Bonchev–Trinajstić information content (AvgIpc) is 3.25. The second-order valence-electron chi connectivity index (χ2n) is 9.91. The number of fused-ring (bicyclic) bond motifs is 1. The van der Waals surface area contributed by atoms with Gasteiger partial charge in [0.15, 0.2) is 5.65 Å². The Hall–Kier alpha value is -4.14. The monoisotopic (exact) mass is 486 g/mol. The molecule has 1 aliphatic heterocycles. The number of piperidine rings is 1. The van der Waals surface area contributed by atoms with Crippen LogP contribution in [0.25, 0.3) is 22.3 Å². The first-order valence-electron chi connectivity index (χ1n) is 12.1. The van der Waals surface area contributed by atoms with Crippen LogP contribution in [0, 0.1) is 0 Å². The molecule has 9 heteroatoms. The number of nitrogen functional groups attached to an aromatic ring is 1. The Balaban J connectivity index is 1.45. The second-order valence-corrected chi connectivity index (χ2v) is 9.91. The zero-order chi connectivity index (χ0) is 25.3. The van der Waals surface area contributed by atoms with Crippen molar-refractivity contribution in [3.8, 4) is 22.8 Å². The zero-order valence-electron chi connectivity index (χ0n) is 20.7. The van der Waals surface area contributed by atoms with Gasteiger partial charge in [0.25, 0.3) is 0 Å². The number of hydrogen-bond acceptors (Lipinski definition) is 7. The summed E-state index contributed by atoms with van der Waals surface area (Å²) in [5, 5.41) is 5.64. The van der Waals surface area contributed by atoms with Gasteiger partial charge in [0.2, 0.25) is 0 Å². The van der Waals surface area contributed by atoms with E-state index in [1.54, 1.807) is 4.90 Å². The molecule has 0 saturated carbocycles. The number of para-hydroxylation sites is 1. The molecule has 1 aliphatic rings. The summed E-state index contributed by atoms with van der Waals surface area (Å²) in [7, 11) is 0. The van der Waals surface area contributed by atoms with Gasteiger partial charge in [-0.3, -0.25) is 0 Å². The summed E-state index contributed by atoms with van der Waals surface area (Å²) >= 11 is 0. The van der Waals surface area contributed by atoms with Crippen molar-refractivity contribution in [2.24, 2.45) is 0 Å². The van der Waals surface area contributed by atoms with Crippen LogP contribution in [-0.2, 0) is 4.74 Å². The Morgan fingerprint density at radius 2 is 1.75 bits per heavy atom. The Bertz CT molecular complexity index is 1360. The van der Waals surface area contributed by atoms with Crippen LogP contribution in [0.4, 0.5) is 10.6 Å². The van der Waals surface area contributed by atoms with Gasteiger partial charge in [-0.2, -0.15) is 5.10 Å². The summed E-state index contributed by atoms with van der Waals surface area (Å²) < 4.78 is 13.4. The quantitative estimate of drug-likeness (QED) is 0.409. The topological polar surface area (TPSA) is 108 Å². The molecule has 1 amide bonds. The van der Waals surface area contributed by atoms with Gasteiger partial charge in [0.05, 0.1) is 11.4 Å². The number of hydrogen-bond donors (Lipinski definition) is 1. The van der Waals surface area contributed by atoms with Crippen LogP contribution in [0.15, 0.2) is 60.9 Å². The molecule has 0 bridgehead atoms. The lowest BCUT2D eigenvalue weighted by Gasteiger charge is -2.34. The SMILES string of the molecule is CC(C)(C)OC(=O)N1CCC[C@H](n2nc(-c3ccc(Oc4ccccc4)cc3)c3c(N)ncnc32)C1. The van der Waals surface area contributed by atoms with E-state index in [1.807, 2.05) is 80.1 Å². The van der Waals surface area contributed by atoms with Crippen molar-refractivity contribution < 1.29 is 14.3 Å². The maximum absolute atomic E-state index is 12.7. The highest BCUT2D eigenvalue weighted by Gasteiger charge is 2.31. The second kappa shape index (κ2) is 9.49. The van der Waals surface area contributed by atoms with E-state index in [2.05, 4.69) is 9.97 Å². The van der Waals surface area contributed by atoms with Crippen molar-refractivity contribution >= 4 is 22.9 Å². The van der Waals surface area contributed by atoms with Gasteiger partial charge in [-0.15, -0.1) is 0 Å². The minimum atomic E-state index is -0.548. The van der Waals surface area contributed by atoms with Crippen LogP contribution in [0.5, 0.6) is 11.5 Å². The van der Waals surface area contributed by atoms with Crippen molar-refractivity contribution in [3.05, 3.63) is 60.9 Å². The number of amides is 1. The first kappa shape index (κ1) is 23.6. The van der Waals surface area contributed by atoms with E-state index in [0.717, 1.165) is 29.9 Å². The predicted molar refractivity (Wildman–Crippen MR) is 138 cm³/mol. The highest BCUT2D eigenvalue weighted by Crippen LogP contribution is 2.35. The van der Waals surface area contributed by atoms with E-state index < -0.39 is 5.60 Å². The number of carbonyl (C=O) groups is 1. The van der Waals surface area contributed by atoms with Crippen molar-refractivity contribution in [2.45, 2.75) is 45.3 Å². The number of anilines is 1. The maximum Gasteiger partial charge on any atom is 0.410 e. The van der Waals surface area contributed by atoms with Gasteiger partial charge < -0.3 is 20.1 Å². The standard InChI is InChI=1S/C27H30N6O3/c1-27(2,3)36-26(34)32-15-7-8-19(16-32)33-25-22(24(28)29-17-30-25)23(31-33)18-11-13-21(14-12-18)35-20-9-5-4-6-10-20/h4-6,9-14,17,19H,7-8,15-16H2,1-3H3,(H2,28,29,30)/t19-/m0/s1. The molecule has 186 valence electrons. The normalized spacial score (nSPS) is 16.2. The smallest absolute Gasteiger partial charge is 0.410 e. The molecule has 3 heterocycles. The van der Waals surface area contributed by atoms with Crippen molar-refractivity contribution in [1.29, 1.82) is 0 Å². The first-order valence-corrected chi connectivity index (χ1v) is 12.1. The average molecular weight is 487 g/mol. The fourth-order valence-electron chi connectivity index (χ4n) is 4.40. The molecule has 2 aromatic carbocycles. The van der Waals surface area contributed by atoms with Crippen LogP contribution in [0.1, 0.15) is 39.7 Å². The molecule has 5 rings (SSSR count). The largest absolute Gasteiger partial charge is 0.457 e. The molecule has 2 N–H and O–H groups in total. The van der Waals surface area contributed by atoms with Crippen LogP contribution in [0.2, 0.25) is 0 Å². The summed E-state index contributed by atoms with van der Waals surface area (Å²) in [6.07, 6.45) is 2.84.